The van der Waals surface area contributed by atoms with Crippen LogP contribution in [0.2, 0.25) is 0 Å². The molecule has 4 N–H and O–H groups in total. The van der Waals surface area contributed by atoms with Crippen LogP contribution in [-0.2, 0) is 4.74 Å². The highest BCUT2D eigenvalue weighted by Crippen LogP contribution is 2.34. The molecular weight excluding hydrogens is 484 g/mol. The molecule has 11 nitrogen and oxygen atoms in total. The first-order valence-electron chi connectivity index (χ1n) is 12.4. The van der Waals surface area contributed by atoms with Crippen molar-refractivity contribution < 1.29 is 13.9 Å². The quantitative estimate of drug-likeness (QED) is 0.298. The molecular formula is C27H26N8O3. The van der Waals surface area contributed by atoms with Crippen molar-refractivity contribution in [1.82, 2.24) is 19.9 Å². The molecule has 0 radical (unpaired) electrons. The van der Waals surface area contributed by atoms with Gasteiger partial charge in [0.15, 0.2) is 17.2 Å². The summed E-state index contributed by atoms with van der Waals surface area (Å²) in [5.41, 5.74) is 9.15. The molecule has 0 unspecified atom stereocenters. The van der Waals surface area contributed by atoms with E-state index >= 15 is 0 Å². The van der Waals surface area contributed by atoms with E-state index in [0.717, 1.165) is 10.9 Å². The lowest BCUT2D eigenvalue weighted by Crippen LogP contribution is -2.37. The molecule has 0 saturated carbocycles. The molecule has 1 aliphatic rings. The van der Waals surface area contributed by atoms with Gasteiger partial charge in [0.1, 0.15) is 11.3 Å². The maximum Gasteiger partial charge on any atom is 0.257 e. The molecule has 1 amide bonds. The van der Waals surface area contributed by atoms with Crippen LogP contribution in [0.3, 0.4) is 0 Å². The fourth-order valence-electron chi connectivity index (χ4n) is 4.36. The zero-order chi connectivity index (χ0) is 25.9. The number of pyridine rings is 2. The van der Waals surface area contributed by atoms with Gasteiger partial charge in [-0.05, 0) is 36.4 Å². The minimum absolute atomic E-state index is 0.266. The predicted molar refractivity (Wildman–Crippen MR) is 145 cm³/mol. The van der Waals surface area contributed by atoms with Crippen molar-refractivity contribution >= 4 is 45.4 Å². The van der Waals surface area contributed by atoms with Gasteiger partial charge in [0.05, 0.1) is 24.2 Å². The van der Waals surface area contributed by atoms with Crippen LogP contribution in [0.15, 0.2) is 65.3 Å². The second-order valence-electron chi connectivity index (χ2n) is 8.79. The van der Waals surface area contributed by atoms with Crippen LogP contribution in [0.25, 0.3) is 33.6 Å². The summed E-state index contributed by atoms with van der Waals surface area (Å²) in [6.07, 6.45) is 3.22. The van der Waals surface area contributed by atoms with Gasteiger partial charge in [-0.1, -0.05) is 12.1 Å². The third-order valence-electron chi connectivity index (χ3n) is 6.24. The van der Waals surface area contributed by atoms with E-state index in [4.69, 9.17) is 24.9 Å². The Morgan fingerprint density at radius 1 is 1.05 bits per heavy atom. The van der Waals surface area contributed by atoms with Crippen LogP contribution >= 0.6 is 0 Å². The molecule has 1 fully saturated rings. The number of rotatable bonds is 7. The SMILES string of the molecule is NCCNc1ccc(C(=O)Nc2cccc(-c3nc(N4CCOCC4)c4oc5ncccc5c4n3)c2)cn1. The van der Waals surface area contributed by atoms with E-state index in [-0.39, 0.29) is 5.91 Å². The number of anilines is 3. The monoisotopic (exact) mass is 510 g/mol. The summed E-state index contributed by atoms with van der Waals surface area (Å²) in [5, 5.41) is 6.84. The zero-order valence-corrected chi connectivity index (χ0v) is 20.6. The van der Waals surface area contributed by atoms with Gasteiger partial charge < -0.3 is 30.4 Å². The summed E-state index contributed by atoms with van der Waals surface area (Å²) in [4.78, 5) is 33.4. The van der Waals surface area contributed by atoms with E-state index in [1.165, 1.54) is 6.20 Å². The van der Waals surface area contributed by atoms with Crippen LogP contribution in [0.4, 0.5) is 17.3 Å². The van der Waals surface area contributed by atoms with Gasteiger partial charge in [0.2, 0.25) is 5.71 Å². The van der Waals surface area contributed by atoms with Crippen LogP contribution < -0.4 is 21.3 Å². The fraction of sp³-hybridized carbons (Fsp3) is 0.222. The van der Waals surface area contributed by atoms with Crippen molar-refractivity contribution in [3.63, 3.8) is 0 Å². The van der Waals surface area contributed by atoms with Crippen LogP contribution in [0, 0.1) is 0 Å². The maximum atomic E-state index is 12.9. The molecule has 38 heavy (non-hydrogen) atoms. The number of benzene rings is 1. The highest BCUT2D eigenvalue weighted by atomic mass is 16.5. The second kappa shape index (κ2) is 10.4. The number of ether oxygens (including phenoxy) is 1. The summed E-state index contributed by atoms with van der Waals surface area (Å²) in [5.74, 6) is 1.63. The first-order chi connectivity index (χ1) is 18.7. The van der Waals surface area contributed by atoms with Crippen LogP contribution in [-0.4, -0.2) is 65.2 Å². The Balaban J connectivity index is 1.33. The lowest BCUT2D eigenvalue weighted by molar-refractivity contribution is 0.102. The van der Waals surface area contributed by atoms with Crippen molar-refractivity contribution in [2.24, 2.45) is 5.73 Å². The van der Waals surface area contributed by atoms with Crippen molar-refractivity contribution in [2.45, 2.75) is 0 Å². The van der Waals surface area contributed by atoms with E-state index in [1.807, 2.05) is 36.4 Å². The van der Waals surface area contributed by atoms with Crippen molar-refractivity contribution in [1.29, 1.82) is 0 Å². The topological polar surface area (TPSA) is 144 Å². The number of nitrogens with zero attached hydrogens (tertiary/aromatic N) is 5. The van der Waals surface area contributed by atoms with Gasteiger partial charge in [-0.2, -0.15) is 0 Å². The molecule has 0 aliphatic carbocycles. The van der Waals surface area contributed by atoms with E-state index < -0.39 is 0 Å². The number of carbonyl (C=O) groups is 1. The Hall–Kier alpha value is -4.61. The predicted octanol–water partition coefficient (Wildman–Crippen LogP) is 3.29. The molecule has 0 atom stereocenters. The molecule has 5 aromatic rings. The van der Waals surface area contributed by atoms with E-state index in [2.05, 4.69) is 25.5 Å². The number of hydrogen-bond donors (Lipinski definition) is 3. The van der Waals surface area contributed by atoms with Gasteiger partial charge in [-0.15, -0.1) is 0 Å². The summed E-state index contributed by atoms with van der Waals surface area (Å²) in [6, 6.07) is 14.7. The number of furan rings is 1. The lowest BCUT2D eigenvalue weighted by atomic mass is 10.1. The van der Waals surface area contributed by atoms with Crippen LogP contribution in [0.1, 0.15) is 10.4 Å². The van der Waals surface area contributed by atoms with Crippen molar-refractivity contribution in [3.05, 3.63) is 66.5 Å². The number of nitrogens with two attached hydrogens (primary N) is 1. The highest BCUT2D eigenvalue weighted by Gasteiger charge is 2.23. The second-order valence-corrected chi connectivity index (χ2v) is 8.79. The number of carbonyl (C=O) groups excluding carboxylic acids is 1. The Morgan fingerprint density at radius 3 is 2.76 bits per heavy atom. The van der Waals surface area contributed by atoms with E-state index in [1.54, 1.807) is 18.3 Å². The minimum atomic E-state index is -0.266. The largest absolute Gasteiger partial charge is 0.432 e. The van der Waals surface area contributed by atoms with E-state index in [0.29, 0.717) is 84.9 Å². The van der Waals surface area contributed by atoms with Gasteiger partial charge in [-0.3, -0.25) is 4.79 Å². The summed E-state index contributed by atoms with van der Waals surface area (Å²) >= 11 is 0. The molecule has 1 aliphatic heterocycles. The molecule has 0 bridgehead atoms. The summed E-state index contributed by atoms with van der Waals surface area (Å²) in [7, 11) is 0. The van der Waals surface area contributed by atoms with E-state index in [9.17, 15) is 4.79 Å². The molecule has 4 aromatic heterocycles. The maximum absolute atomic E-state index is 12.9. The minimum Gasteiger partial charge on any atom is -0.432 e. The average Bonchev–Trinajstić information content (AvgIpc) is 3.35. The highest BCUT2D eigenvalue weighted by molar-refractivity contribution is 6.06. The van der Waals surface area contributed by atoms with Gasteiger partial charge >= 0.3 is 0 Å². The third kappa shape index (κ3) is 4.72. The van der Waals surface area contributed by atoms with Gasteiger partial charge in [0.25, 0.3) is 5.91 Å². The summed E-state index contributed by atoms with van der Waals surface area (Å²) in [6.45, 7) is 3.72. The lowest BCUT2D eigenvalue weighted by Gasteiger charge is -2.27. The van der Waals surface area contributed by atoms with Gasteiger partial charge in [-0.25, -0.2) is 19.9 Å². The van der Waals surface area contributed by atoms with Gasteiger partial charge in [0, 0.05) is 49.8 Å². The van der Waals surface area contributed by atoms with Crippen LogP contribution in [0.5, 0.6) is 0 Å². The Kier molecular flexibility index (Phi) is 6.51. The number of morpholine rings is 1. The third-order valence-corrected chi connectivity index (χ3v) is 6.24. The average molecular weight is 511 g/mol. The first kappa shape index (κ1) is 23.8. The molecule has 6 rings (SSSR count). The number of nitrogens with one attached hydrogen (secondary N) is 2. The standard InChI is InChI=1S/C27H26N8O3/c28-8-10-29-21-7-6-18(16-31-21)26(36)32-19-4-1-3-17(15-19)24-33-22-20-5-2-9-30-27(20)38-23(22)25(34-24)35-11-13-37-14-12-35/h1-7,9,15-16H,8,10-14,28H2,(H,29,31)(H,32,36). The Bertz CT molecular complexity index is 1600. The van der Waals surface area contributed by atoms with Crippen molar-refractivity contribution in [3.8, 4) is 11.4 Å². The molecule has 0 spiro atoms. The Labute approximate surface area is 218 Å². The normalized spacial score (nSPS) is 13.7. The molecule has 11 heteroatoms. The summed E-state index contributed by atoms with van der Waals surface area (Å²) < 4.78 is 11.6. The molecule has 192 valence electrons. The van der Waals surface area contributed by atoms with Crippen molar-refractivity contribution in [2.75, 3.05) is 54.9 Å². The number of hydrogen-bond acceptors (Lipinski definition) is 10. The number of fused-ring (bicyclic) bond motifs is 3. The molecule has 1 saturated heterocycles. The number of aromatic nitrogens is 4. The smallest absolute Gasteiger partial charge is 0.257 e. The fourth-order valence-corrected chi connectivity index (χ4v) is 4.36. The number of amides is 1. The first-order valence-corrected chi connectivity index (χ1v) is 12.4. The Morgan fingerprint density at radius 2 is 1.95 bits per heavy atom. The molecule has 5 heterocycles. The zero-order valence-electron chi connectivity index (χ0n) is 20.6. The molecule has 1 aromatic carbocycles.